The third-order valence-electron chi connectivity index (χ3n) is 3.44. The van der Waals surface area contributed by atoms with Gasteiger partial charge in [-0.15, -0.1) is 0 Å². The van der Waals surface area contributed by atoms with Crippen molar-refractivity contribution in [2.24, 2.45) is 7.05 Å². The van der Waals surface area contributed by atoms with Crippen LogP contribution in [-0.2, 0) is 23.6 Å². The quantitative estimate of drug-likeness (QED) is 0.776. The molecule has 0 radical (unpaired) electrons. The molecule has 0 saturated heterocycles. The molecular weight excluding hydrogens is 314 g/mol. The summed E-state index contributed by atoms with van der Waals surface area (Å²) in [5, 5.41) is 4.00. The van der Waals surface area contributed by atoms with Gasteiger partial charge in [0.15, 0.2) is 0 Å². The minimum atomic E-state index is -3.66. The van der Waals surface area contributed by atoms with E-state index in [9.17, 15) is 8.42 Å². The Balaban J connectivity index is 1.89. The van der Waals surface area contributed by atoms with Gasteiger partial charge in [-0.1, -0.05) is 12.1 Å². The standard InChI is InChI=1S/C15H17N5O2S/c1-3-20-11-14(10-17-20)23(21,22)18-13-6-4-5-12(9-13)15-16-7-8-19(15)2/h4-11,18H,3H2,1-2H3. The lowest BCUT2D eigenvalue weighted by Crippen LogP contribution is -2.12. The van der Waals surface area contributed by atoms with Gasteiger partial charge in [0.25, 0.3) is 10.0 Å². The van der Waals surface area contributed by atoms with Crippen LogP contribution in [-0.4, -0.2) is 27.7 Å². The molecule has 8 heteroatoms. The van der Waals surface area contributed by atoms with Crippen LogP contribution in [0.3, 0.4) is 0 Å². The van der Waals surface area contributed by atoms with Crippen molar-refractivity contribution in [3.63, 3.8) is 0 Å². The number of sulfonamides is 1. The van der Waals surface area contributed by atoms with Gasteiger partial charge in [-0.05, 0) is 19.1 Å². The first kappa shape index (κ1) is 15.3. The largest absolute Gasteiger partial charge is 0.334 e. The molecule has 7 nitrogen and oxygen atoms in total. The molecule has 0 aliphatic rings. The van der Waals surface area contributed by atoms with E-state index in [-0.39, 0.29) is 4.90 Å². The van der Waals surface area contributed by atoms with Gasteiger partial charge in [-0.3, -0.25) is 9.40 Å². The van der Waals surface area contributed by atoms with Crippen molar-refractivity contribution in [2.45, 2.75) is 18.4 Å². The summed E-state index contributed by atoms with van der Waals surface area (Å²) < 4.78 is 30.8. The molecule has 120 valence electrons. The Morgan fingerprint density at radius 2 is 2.13 bits per heavy atom. The maximum Gasteiger partial charge on any atom is 0.265 e. The van der Waals surface area contributed by atoms with E-state index in [1.807, 2.05) is 30.8 Å². The van der Waals surface area contributed by atoms with Crippen LogP contribution >= 0.6 is 0 Å². The third kappa shape index (κ3) is 3.11. The van der Waals surface area contributed by atoms with E-state index < -0.39 is 10.0 Å². The summed E-state index contributed by atoms with van der Waals surface area (Å²) in [7, 11) is -1.77. The van der Waals surface area contributed by atoms with Gasteiger partial charge in [0, 0.05) is 43.4 Å². The highest BCUT2D eigenvalue weighted by atomic mass is 32.2. The first-order valence-electron chi connectivity index (χ1n) is 7.12. The molecule has 0 fully saturated rings. The van der Waals surface area contributed by atoms with Gasteiger partial charge < -0.3 is 4.57 Å². The van der Waals surface area contributed by atoms with Crippen molar-refractivity contribution in [2.75, 3.05) is 4.72 Å². The predicted octanol–water partition coefficient (Wildman–Crippen LogP) is 2.10. The van der Waals surface area contributed by atoms with Gasteiger partial charge >= 0.3 is 0 Å². The number of benzene rings is 1. The van der Waals surface area contributed by atoms with Crippen LogP contribution in [0.2, 0.25) is 0 Å². The number of hydrogen-bond acceptors (Lipinski definition) is 4. The molecule has 2 heterocycles. The molecule has 23 heavy (non-hydrogen) atoms. The topological polar surface area (TPSA) is 81.8 Å². The lowest BCUT2D eigenvalue weighted by atomic mass is 10.2. The number of nitrogens with zero attached hydrogens (tertiary/aromatic N) is 4. The first-order valence-corrected chi connectivity index (χ1v) is 8.61. The zero-order chi connectivity index (χ0) is 16.4. The van der Waals surface area contributed by atoms with E-state index in [1.54, 1.807) is 29.1 Å². The predicted molar refractivity (Wildman–Crippen MR) is 87.4 cm³/mol. The minimum absolute atomic E-state index is 0.141. The second-order valence-electron chi connectivity index (χ2n) is 5.08. The summed E-state index contributed by atoms with van der Waals surface area (Å²) in [6, 6.07) is 7.13. The van der Waals surface area contributed by atoms with Crippen molar-refractivity contribution in [1.29, 1.82) is 0 Å². The van der Waals surface area contributed by atoms with E-state index in [2.05, 4.69) is 14.8 Å². The summed E-state index contributed by atoms with van der Waals surface area (Å²) >= 11 is 0. The average molecular weight is 331 g/mol. The van der Waals surface area contributed by atoms with Crippen molar-refractivity contribution >= 4 is 15.7 Å². The van der Waals surface area contributed by atoms with E-state index in [0.29, 0.717) is 12.2 Å². The number of aromatic nitrogens is 4. The van der Waals surface area contributed by atoms with Crippen molar-refractivity contribution < 1.29 is 8.42 Å². The lowest BCUT2D eigenvalue weighted by Gasteiger charge is -2.08. The molecule has 0 amide bonds. The highest BCUT2D eigenvalue weighted by molar-refractivity contribution is 7.92. The number of rotatable bonds is 5. The second kappa shape index (κ2) is 5.88. The Morgan fingerprint density at radius 1 is 1.30 bits per heavy atom. The molecule has 0 atom stereocenters. The molecular formula is C15H17N5O2S. The maximum absolute atomic E-state index is 12.4. The zero-order valence-electron chi connectivity index (χ0n) is 12.8. The Hall–Kier alpha value is -2.61. The van der Waals surface area contributed by atoms with Crippen molar-refractivity contribution in [3.05, 3.63) is 49.1 Å². The SMILES string of the molecule is CCn1cc(S(=O)(=O)Nc2cccc(-c3nccn3C)c2)cn1. The molecule has 1 aromatic carbocycles. The van der Waals surface area contributed by atoms with E-state index in [0.717, 1.165) is 11.4 Å². The summed E-state index contributed by atoms with van der Waals surface area (Å²) in [5.74, 6) is 0.768. The van der Waals surface area contributed by atoms with E-state index in [1.165, 1.54) is 12.4 Å². The number of aryl methyl sites for hydroxylation is 2. The van der Waals surface area contributed by atoms with Crippen LogP contribution in [0.4, 0.5) is 5.69 Å². The Morgan fingerprint density at radius 3 is 2.78 bits per heavy atom. The molecule has 1 N–H and O–H groups in total. The Bertz CT molecular complexity index is 927. The van der Waals surface area contributed by atoms with Crippen LogP contribution in [0.25, 0.3) is 11.4 Å². The highest BCUT2D eigenvalue weighted by Gasteiger charge is 2.17. The summed E-state index contributed by atoms with van der Waals surface area (Å²) in [6.07, 6.45) is 6.38. The van der Waals surface area contributed by atoms with E-state index in [4.69, 9.17) is 0 Å². The second-order valence-corrected chi connectivity index (χ2v) is 6.76. The highest BCUT2D eigenvalue weighted by Crippen LogP contribution is 2.22. The van der Waals surface area contributed by atoms with Gasteiger partial charge in [0.1, 0.15) is 10.7 Å². The Kier molecular flexibility index (Phi) is 3.91. The molecule has 0 unspecified atom stereocenters. The summed E-state index contributed by atoms with van der Waals surface area (Å²) in [4.78, 5) is 4.41. The molecule has 0 aliphatic carbocycles. The fourth-order valence-electron chi connectivity index (χ4n) is 2.24. The fourth-order valence-corrected chi connectivity index (χ4v) is 3.24. The Labute approximate surface area is 134 Å². The van der Waals surface area contributed by atoms with Crippen LogP contribution in [0, 0.1) is 0 Å². The lowest BCUT2D eigenvalue weighted by molar-refractivity contribution is 0.600. The number of imidazole rings is 1. The first-order chi connectivity index (χ1) is 11.0. The number of anilines is 1. The number of hydrogen-bond donors (Lipinski definition) is 1. The zero-order valence-corrected chi connectivity index (χ0v) is 13.7. The van der Waals surface area contributed by atoms with E-state index >= 15 is 0 Å². The number of nitrogens with one attached hydrogen (secondary N) is 1. The molecule has 0 bridgehead atoms. The molecule has 0 aliphatic heterocycles. The summed E-state index contributed by atoms with van der Waals surface area (Å²) in [6.45, 7) is 2.51. The van der Waals surface area contributed by atoms with Crippen molar-refractivity contribution in [3.8, 4) is 11.4 Å². The average Bonchev–Trinajstić information content (AvgIpc) is 3.16. The fraction of sp³-hybridized carbons (Fsp3) is 0.200. The van der Waals surface area contributed by atoms with Crippen molar-refractivity contribution in [1.82, 2.24) is 19.3 Å². The van der Waals surface area contributed by atoms with Gasteiger partial charge in [0.05, 0.1) is 6.20 Å². The monoisotopic (exact) mass is 331 g/mol. The molecule has 3 aromatic rings. The molecule has 0 saturated carbocycles. The molecule has 0 spiro atoms. The van der Waals surface area contributed by atoms with Crippen LogP contribution < -0.4 is 4.72 Å². The minimum Gasteiger partial charge on any atom is -0.334 e. The smallest absolute Gasteiger partial charge is 0.265 e. The van der Waals surface area contributed by atoms with Crippen LogP contribution in [0.1, 0.15) is 6.92 Å². The molecule has 2 aromatic heterocycles. The molecule has 3 rings (SSSR count). The maximum atomic E-state index is 12.4. The summed E-state index contributed by atoms with van der Waals surface area (Å²) in [5.41, 5.74) is 1.32. The normalized spacial score (nSPS) is 11.6. The third-order valence-corrected chi connectivity index (χ3v) is 4.77. The van der Waals surface area contributed by atoms with Crippen LogP contribution in [0.5, 0.6) is 0 Å². The van der Waals surface area contributed by atoms with Crippen LogP contribution in [0.15, 0.2) is 53.9 Å². The van der Waals surface area contributed by atoms with Gasteiger partial charge in [-0.25, -0.2) is 13.4 Å². The van der Waals surface area contributed by atoms with Gasteiger partial charge in [-0.2, -0.15) is 5.10 Å². The van der Waals surface area contributed by atoms with Gasteiger partial charge in [0.2, 0.25) is 0 Å².